The number of halogens is 2. The number of rotatable bonds is 7. The monoisotopic (exact) mass is 429 g/mol. The van der Waals surface area contributed by atoms with Crippen molar-refractivity contribution in [3.8, 4) is 11.5 Å². The molecule has 2 aromatic carbocycles. The number of piperazine rings is 1. The fourth-order valence-corrected chi connectivity index (χ4v) is 3.10. The Labute approximate surface area is 179 Å². The summed E-state index contributed by atoms with van der Waals surface area (Å²) < 4.78 is 10.9. The van der Waals surface area contributed by atoms with Crippen molar-refractivity contribution in [1.29, 1.82) is 0 Å². The van der Waals surface area contributed by atoms with Crippen molar-refractivity contribution in [2.75, 3.05) is 57.1 Å². The van der Waals surface area contributed by atoms with Crippen LogP contribution in [0, 0.1) is 0 Å². The van der Waals surface area contributed by atoms with Gasteiger partial charge < -0.3 is 25.2 Å². The van der Waals surface area contributed by atoms with Gasteiger partial charge in [0.1, 0.15) is 24.2 Å². The molecular formula is C20H29Cl2N3O3. The van der Waals surface area contributed by atoms with Crippen molar-refractivity contribution >= 4 is 36.2 Å². The van der Waals surface area contributed by atoms with E-state index in [1.165, 1.54) is 5.69 Å². The van der Waals surface area contributed by atoms with Crippen LogP contribution in [0.2, 0.25) is 0 Å². The fourth-order valence-electron chi connectivity index (χ4n) is 3.10. The fraction of sp³-hybridized carbons (Fsp3) is 0.400. The second-order valence-corrected chi connectivity index (χ2v) is 6.52. The van der Waals surface area contributed by atoms with E-state index in [0.717, 1.165) is 37.7 Å². The molecule has 28 heavy (non-hydrogen) atoms. The molecule has 0 saturated carbocycles. The molecule has 0 aromatic heterocycles. The molecule has 1 fully saturated rings. The number of nitrogen functional groups attached to an aromatic ring is 1. The van der Waals surface area contributed by atoms with Gasteiger partial charge in [0.15, 0.2) is 0 Å². The summed E-state index contributed by atoms with van der Waals surface area (Å²) in [7, 11) is 1.69. The van der Waals surface area contributed by atoms with Gasteiger partial charge in [-0.15, -0.1) is 24.8 Å². The molecule has 6 nitrogen and oxygen atoms in total. The second kappa shape index (κ2) is 11.9. The van der Waals surface area contributed by atoms with Gasteiger partial charge in [0.2, 0.25) is 0 Å². The van der Waals surface area contributed by atoms with Crippen molar-refractivity contribution < 1.29 is 14.6 Å². The first-order valence-corrected chi connectivity index (χ1v) is 8.92. The van der Waals surface area contributed by atoms with Crippen LogP contribution in [-0.4, -0.2) is 62.6 Å². The molecule has 0 radical (unpaired) electrons. The molecule has 0 bridgehead atoms. The number of hydrogen-bond acceptors (Lipinski definition) is 6. The topological polar surface area (TPSA) is 71.2 Å². The van der Waals surface area contributed by atoms with E-state index in [1.807, 2.05) is 24.3 Å². The average molecular weight is 430 g/mol. The predicted molar refractivity (Wildman–Crippen MR) is 118 cm³/mol. The lowest BCUT2D eigenvalue weighted by atomic mass is 10.2. The Morgan fingerprint density at radius 2 is 1.68 bits per heavy atom. The molecular weight excluding hydrogens is 401 g/mol. The number of benzene rings is 2. The molecule has 1 heterocycles. The molecule has 3 rings (SSSR count). The van der Waals surface area contributed by atoms with Crippen molar-refractivity contribution in [3.63, 3.8) is 0 Å². The SMILES string of the molecule is COc1cccc(N2CCN(CC(O)COc3ccc(N)cc3)CC2)c1.Cl.Cl. The molecule has 3 N–H and O–H groups in total. The largest absolute Gasteiger partial charge is 0.497 e. The summed E-state index contributed by atoms with van der Waals surface area (Å²) in [4.78, 5) is 4.62. The Hall–Kier alpha value is -1.86. The van der Waals surface area contributed by atoms with Crippen LogP contribution < -0.4 is 20.1 Å². The smallest absolute Gasteiger partial charge is 0.120 e. The van der Waals surface area contributed by atoms with Gasteiger partial charge in [0.25, 0.3) is 0 Å². The van der Waals surface area contributed by atoms with E-state index in [9.17, 15) is 5.11 Å². The van der Waals surface area contributed by atoms with Crippen LogP contribution in [0.1, 0.15) is 0 Å². The maximum atomic E-state index is 10.2. The van der Waals surface area contributed by atoms with Crippen LogP contribution in [0.3, 0.4) is 0 Å². The summed E-state index contributed by atoms with van der Waals surface area (Å²) in [5.41, 5.74) is 7.53. The highest BCUT2D eigenvalue weighted by Gasteiger charge is 2.20. The zero-order chi connectivity index (χ0) is 18.4. The standard InChI is InChI=1S/C20H27N3O3.2ClH/c1-25-20-4-2-3-17(13-20)23-11-9-22(10-12-23)14-18(24)15-26-19-7-5-16(21)6-8-19;;/h2-8,13,18,24H,9-12,14-15,21H2,1H3;2*1H. The highest BCUT2D eigenvalue weighted by molar-refractivity contribution is 5.85. The summed E-state index contributed by atoms with van der Waals surface area (Å²) in [6, 6.07) is 15.3. The molecule has 0 spiro atoms. The van der Waals surface area contributed by atoms with Crippen LogP contribution in [0.5, 0.6) is 11.5 Å². The number of aliphatic hydroxyl groups excluding tert-OH is 1. The molecule has 2 aromatic rings. The molecule has 1 aliphatic heterocycles. The number of ether oxygens (including phenoxy) is 2. The minimum absolute atomic E-state index is 0. The first-order chi connectivity index (χ1) is 12.6. The predicted octanol–water partition coefficient (Wildman–Crippen LogP) is 2.68. The van der Waals surface area contributed by atoms with Crippen molar-refractivity contribution in [1.82, 2.24) is 4.90 Å². The lowest BCUT2D eigenvalue weighted by molar-refractivity contribution is 0.0663. The first kappa shape index (κ1) is 24.2. The highest BCUT2D eigenvalue weighted by atomic mass is 35.5. The number of methoxy groups -OCH3 is 1. The number of nitrogens with zero attached hydrogens (tertiary/aromatic N) is 2. The summed E-state index contributed by atoms with van der Waals surface area (Å²) in [6.45, 7) is 4.57. The van der Waals surface area contributed by atoms with E-state index >= 15 is 0 Å². The number of anilines is 2. The quantitative estimate of drug-likeness (QED) is 0.659. The number of hydrogen-bond donors (Lipinski definition) is 2. The Bertz CT molecular complexity index is 695. The third kappa shape index (κ3) is 6.95. The van der Waals surface area contributed by atoms with Gasteiger partial charge in [-0.3, -0.25) is 4.90 Å². The van der Waals surface area contributed by atoms with E-state index in [0.29, 0.717) is 12.2 Å². The van der Waals surface area contributed by atoms with E-state index in [2.05, 4.69) is 21.9 Å². The zero-order valence-corrected chi connectivity index (χ0v) is 17.6. The molecule has 0 amide bonds. The first-order valence-electron chi connectivity index (χ1n) is 8.92. The Balaban J connectivity index is 0.00000196. The van der Waals surface area contributed by atoms with Crippen molar-refractivity contribution in [3.05, 3.63) is 48.5 Å². The number of nitrogens with two attached hydrogens (primary N) is 1. The summed E-state index contributed by atoms with van der Waals surface area (Å²) in [6.07, 6.45) is -0.518. The third-order valence-corrected chi connectivity index (χ3v) is 4.58. The van der Waals surface area contributed by atoms with Gasteiger partial charge in [0.05, 0.1) is 7.11 Å². The van der Waals surface area contributed by atoms with E-state index in [4.69, 9.17) is 15.2 Å². The second-order valence-electron chi connectivity index (χ2n) is 6.52. The van der Waals surface area contributed by atoms with Gasteiger partial charge >= 0.3 is 0 Å². The lowest BCUT2D eigenvalue weighted by Gasteiger charge is -2.37. The number of aliphatic hydroxyl groups is 1. The maximum absolute atomic E-state index is 10.2. The van der Waals surface area contributed by atoms with E-state index in [-0.39, 0.29) is 31.4 Å². The third-order valence-electron chi connectivity index (χ3n) is 4.58. The Morgan fingerprint density at radius 1 is 1.00 bits per heavy atom. The normalized spacial score (nSPS) is 15.1. The molecule has 1 saturated heterocycles. The summed E-state index contributed by atoms with van der Waals surface area (Å²) >= 11 is 0. The van der Waals surface area contributed by atoms with E-state index in [1.54, 1.807) is 19.2 Å². The van der Waals surface area contributed by atoms with Crippen molar-refractivity contribution in [2.45, 2.75) is 6.10 Å². The molecule has 156 valence electrons. The zero-order valence-electron chi connectivity index (χ0n) is 16.0. The minimum atomic E-state index is -0.518. The van der Waals surface area contributed by atoms with Gasteiger partial charge in [-0.05, 0) is 36.4 Å². The molecule has 1 aliphatic rings. The van der Waals surface area contributed by atoms with E-state index < -0.39 is 6.10 Å². The Kier molecular flexibility index (Phi) is 10.2. The van der Waals surface area contributed by atoms with Gasteiger partial charge in [-0.25, -0.2) is 0 Å². The van der Waals surface area contributed by atoms with Crippen LogP contribution in [0.25, 0.3) is 0 Å². The summed E-state index contributed by atoms with van der Waals surface area (Å²) in [5.74, 6) is 1.60. The van der Waals surface area contributed by atoms with Gasteiger partial charge in [-0.1, -0.05) is 6.07 Å². The Morgan fingerprint density at radius 3 is 2.32 bits per heavy atom. The van der Waals surface area contributed by atoms with Crippen LogP contribution in [0.15, 0.2) is 48.5 Å². The van der Waals surface area contributed by atoms with Crippen LogP contribution in [0.4, 0.5) is 11.4 Å². The lowest BCUT2D eigenvalue weighted by Crippen LogP contribution is -2.49. The number of β-amino-alcohol motifs (C(OH)–C–C–N with tert-alkyl or cyclic N) is 1. The average Bonchev–Trinajstić information content (AvgIpc) is 2.68. The molecule has 8 heteroatoms. The highest BCUT2D eigenvalue weighted by Crippen LogP contribution is 2.22. The molecule has 1 unspecified atom stereocenters. The maximum Gasteiger partial charge on any atom is 0.120 e. The molecule has 1 atom stereocenters. The molecule has 0 aliphatic carbocycles. The van der Waals surface area contributed by atoms with Crippen molar-refractivity contribution in [2.24, 2.45) is 0 Å². The van der Waals surface area contributed by atoms with Crippen LogP contribution in [-0.2, 0) is 0 Å². The summed E-state index contributed by atoms with van der Waals surface area (Å²) in [5, 5.41) is 10.2. The minimum Gasteiger partial charge on any atom is -0.497 e. The van der Waals surface area contributed by atoms with Gasteiger partial charge in [-0.2, -0.15) is 0 Å². The van der Waals surface area contributed by atoms with Gasteiger partial charge in [0, 0.05) is 50.2 Å². The van der Waals surface area contributed by atoms with Crippen LogP contribution >= 0.6 is 24.8 Å².